The molecule has 0 bridgehead atoms. The highest BCUT2D eigenvalue weighted by atomic mass is 32.1. The van der Waals surface area contributed by atoms with Gasteiger partial charge in [-0.25, -0.2) is 0 Å². The van der Waals surface area contributed by atoms with Gasteiger partial charge in [0.2, 0.25) is 11.0 Å². The van der Waals surface area contributed by atoms with E-state index in [4.69, 9.17) is 4.52 Å². The Morgan fingerprint density at radius 2 is 1.94 bits per heavy atom. The fourth-order valence-corrected chi connectivity index (χ4v) is 4.79. The number of benzene rings is 2. The largest absolute Gasteiger partial charge is 0.360 e. The van der Waals surface area contributed by atoms with Crippen molar-refractivity contribution in [3.8, 4) is 11.3 Å². The first kappa shape index (κ1) is 21.0. The molecule has 33 heavy (non-hydrogen) atoms. The van der Waals surface area contributed by atoms with Crippen molar-refractivity contribution < 1.29 is 14.1 Å². The Morgan fingerprint density at radius 1 is 1.12 bits per heavy atom. The van der Waals surface area contributed by atoms with Gasteiger partial charge in [0, 0.05) is 30.1 Å². The van der Waals surface area contributed by atoms with Gasteiger partial charge in [-0.3, -0.25) is 14.9 Å². The molecular weight excluding hydrogens is 438 g/mol. The van der Waals surface area contributed by atoms with Crippen molar-refractivity contribution in [3.05, 3.63) is 76.5 Å². The summed E-state index contributed by atoms with van der Waals surface area (Å²) < 4.78 is 5.28. The number of nitrogens with one attached hydrogen (secondary N) is 1. The van der Waals surface area contributed by atoms with Crippen LogP contribution in [-0.2, 0) is 4.79 Å². The molecule has 2 aromatic carbocycles. The van der Waals surface area contributed by atoms with Gasteiger partial charge in [0.1, 0.15) is 22.0 Å². The summed E-state index contributed by atoms with van der Waals surface area (Å²) in [4.78, 5) is 27.4. The lowest BCUT2D eigenvalue weighted by atomic mass is 10.1. The summed E-state index contributed by atoms with van der Waals surface area (Å²) in [7, 11) is 0. The third-order valence-electron chi connectivity index (χ3n) is 5.59. The number of aromatic nitrogens is 3. The van der Waals surface area contributed by atoms with Crippen LogP contribution in [0.4, 0.5) is 10.8 Å². The summed E-state index contributed by atoms with van der Waals surface area (Å²) in [6, 6.07) is 17.3. The summed E-state index contributed by atoms with van der Waals surface area (Å²) in [5.74, 6) is 0.0443. The van der Waals surface area contributed by atoms with E-state index in [1.807, 2.05) is 61.5 Å². The zero-order valence-corrected chi connectivity index (χ0v) is 18.9. The predicted octanol–water partition coefficient (Wildman–Crippen LogP) is 4.58. The topological polar surface area (TPSA) is 101 Å². The summed E-state index contributed by atoms with van der Waals surface area (Å²) in [5, 5.41) is 16.3. The molecule has 0 spiro atoms. The molecular formula is C24H21N5O3S. The van der Waals surface area contributed by atoms with Crippen molar-refractivity contribution in [3.63, 3.8) is 0 Å². The lowest BCUT2D eigenvalue weighted by Gasteiger charge is -2.16. The first-order chi connectivity index (χ1) is 16.0. The maximum atomic E-state index is 13.0. The Hall–Kier alpha value is -3.85. The molecule has 0 radical (unpaired) electrons. The monoisotopic (exact) mass is 459 g/mol. The molecule has 1 N–H and O–H groups in total. The summed E-state index contributed by atoms with van der Waals surface area (Å²) in [6.45, 7) is 4.24. The lowest BCUT2D eigenvalue weighted by Crippen LogP contribution is -2.24. The van der Waals surface area contributed by atoms with Gasteiger partial charge < -0.3 is 9.42 Å². The third-order valence-corrected chi connectivity index (χ3v) is 6.59. The summed E-state index contributed by atoms with van der Waals surface area (Å²) in [5.41, 5.74) is 3.61. The summed E-state index contributed by atoms with van der Waals surface area (Å²) >= 11 is 1.28. The molecule has 9 heteroatoms. The van der Waals surface area contributed by atoms with Gasteiger partial charge >= 0.3 is 0 Å². The van der Waals surface area contributed by atoms with Crippen molar-refractivity contribution in [2.45, 2.75) is 26.2 Å². The van der Waals surface area contributed by atoms with Crippen LogP contribution in [0.3, 0.4) is 0 Å². The highest BCUT2D eigenvalue weighted by molar-refractivity contribution is 7.15. The van der Waals surface area contributed by atoms with E-state index >= 15 is 0 Å². The Morgan fingerprint density at radius 3 is 2.73 bits per heavy atom. The molecule has 2 amide bonds. The first-order valence-electron chi connectivity index (χ1n) is 10.5. The number of anilines is 2. The Bertz CT molecular complexity index is 1330. The van der Waals surface area contributed by atoms with E-state index < -0.39 is 0 Å². The van der Waals surface area contributed by atoms with Crippen LogP contribution in [0, 0.1) is 13.8 Å². The Kier molecular flexibility index (Phi) is 5.47. The molecule has 0 saturated carbocycles. The van der Waals surface area contributed by atoms with Crippen molar-refractivity contribution in [1.82, 2.24) is 15.4 Å². The Balaban J connectivity index is 1.32. The number of carbonyl (C=O) groups excluding carboxylic acids is 2. The quantitative estimate of drug-likeness (QED) is 0.469. The minimum absolute atomic E-state index is 0.0546. The molecule has 1 atom stereocenters. The van der Waals surface area contributed by atoms with E-state index in [9.17, 15) is 9.59 Å². The molecule has 1 fully saturated rings. The van der Waals surface area contributed by atoms with Crippen LogP contribution in [0.15, 0.2) is 59.1 Å². The number of hydrogen-bond donors (Lipinski definition) is 1. The highest BCUT2D eigenvalue weighted by Crippen LogP contribution is 2.35. The third kappa shape index (κ3) is 4.14. The van der Waals surface area contributed by atoms with Crippen LogP contribution in [-0.4, -0.2) is 33.7 Å². The van der Waals surface area contributed by atoms with Gasteiger partial charge in [0.25, 0.3) is 5.91 Å². The number of carbonyl (C=O) groups is 2. The number of aryl methyl sites for hydroxylation is 2. The van der Waals surface area contributed by atoms with E-state index in [1.165, 1.54) is 11.3 Å². The van der Waals surface area contributed by atoms with E-state index in [2.05, 4.69) is 20.7 Å². The van der Waals surface area contributed by atoms with Crippen molar-refractivity contribution in [1.29, 1.82) is 0 Å². The second-order valence-corrected chi connectivity index (χ2v) is 8.98. The van der Waals surface area contributed by atoms with Gasteiger partial charge in [-0.05, 0) is 31.5 Å². The average molecular weight is 460 g/mol. The van der Waals surface area contributed by atoms with E-state index in [0.717, 1.165) is 21.8 Å². The molecule has 1 unspecified atom stereocenters. The molecule has 2 aromatic heterocycles. The molecule has 166 valence electrons. The maximum absolute atomic E-state index is 13.0. The van der Waals surface area contributed by atoms with E-state index in [-0.39, 0.29) is 17.7 Å². The van der Waals surface area contributed by atoms with Gasteiger partial charge in [0.05, 0.1) is 0 Å². The predicted molar refractivity (Wildman–Crippen MR) is 125 cm³/mol. The van der Waals surface area contributed by atoms with E-state index in [0.29, 0.717) is 35.1 Å². The van der Waals surface area contributed by atoms with Crippen LogP contribution in [0.5, 0.6) is 0 Å². The highest BCUT2D eigenvalue weighted by Gasteiger charge is 2.34. The Labute approximate surface area is 194 Å². The molecule has 5 rings (SSSR count). The smallest absolute Gasteiger partial charge is 0.263 e. The second-order valence-electron chi connectivity index (χ2n) is 7.97. The van der Waals surface area contributed by atoms with Crippen LogP contribution in [0.25, 0.3) is 11.3 Å². The standard InChI is InChI=1S/C24H21N5O3S/c1-14-7-6-10-18(11-14)29-13-17(12-19(29)30)23-26-27-24(33-23)25-22(31)20-15(2)32-28-21(20)16-8-4-3-5-9-16/h3-11,17H,12-13H2,1-2H3,(H,25,27,31). The number of rotatable bonds is 5. The van der Waals surface area contributed by atoms with Crippen LogP contribution >= 0.6 is 11.3 Å². The minimum Gasteiger partial charge on any atom is -0.360 e. The number of hydrogen-bond acceptors (Lipinski definition) is 7. The molecule has 0 aliphatic carbocycles. The van der Waals surface area contributed by atoms with Crippen molar-refractivity contribution in [2.75, 3.05) is 16.8 Å². The normalized spacial score (nSPS) is 15.8. The fourth-order valence-electron chi connectivity index (χ4n) is 3.96. The van der Waals surface area contributed by atoms with E-state index in [1.54, 1.807) is 11.8 Å². The van der Waals surface area contributed by atoms with Crippen LogP contribution in [0.2, 0.25) is 0 Å². The molecule has 3 heterocycles. The maximum Gasteiger partial charge on any atom is 0.263 e. The minimum atomic E-state index is -0.362. The zero-order valence-electron chi connectivity index (χ0n) is 18.1. The fraction of sp³-hybridized carbons (Fsp3) is 0.208. The van der Waals surface area contributed by atoms with Gasteiger partial charge in [-0.1, -0.05) is 59.0 Å². The molecule has 8 nitrogen and oxygen atoms in total. The first-order valence-corrected chi connectivity index (χ1v) is 11.3. The number of nitrogens with zero attached hydrogens (tertiary/aromatic N) is 4. The average Bonchev–Trinajstić information content (AvgIpc) is 3.53. The van der Waals surface area contributed by atoms with Crippen molar-refractivity contribution >= 4 is 34.0 Å². The van der Waals surface area contributed by atoms with Crippen molar-refractivity contribution in [2.24, 2.45) is 0 Å². The zero-order chi connectivity index (χ0) is 22.9. The molecule has 1 aliphatic heterocycles. The van der Waals surface area contributed by atoms with Gasteiger partial charge in [-0.15, -0.1) is 10.2 Å². The van der Waals surface area contributed by atoms with Gasteiger partial charge in [-0.2, -0.15) is 0 Å². The number of amides is 2. The summed E-state index contributed by atoms with van der Waals surface area (Å²) in [6.07, 6.45) is 0.361. The molecule has 4 aromatic rings. The van der Waals surface area contributed by atoms with Gasteiger partial charge in [0.15, 0.2) is 0 Å². The lowest BCUT2D eigenvalue weighted by molar-refractivity contribution is -0.117. The molecule has 1 aliphatic rings. The van der Waals surface area contributed by atoms with Crippen LogP contribution in [0.1, 0.15) is 39.0 Å². The SMILES string of the molecule is Cc1cccc(N2CC(c3nnc(NC(=O)c4c(-c5ccccc5)noc4C)s3)CC2=O)c1. The molecule has 1 saturated heterocycles. The second kappa shape index (κ2) is 8.59. The van der Waals surface area contributed by atoms with Crippen LogP contribution < -0.4 is 10.2 Å².